The third-order valence-corrected chi connectivity index (χ3v) is 2.59. The average molecular weight is 242 g/mol. The van der Waals surface area contributed by atoms with Gasteiger partial charge in [-0.2, -0.15) is 10.4 Å². The molecule has 0 fully saturated rings. The SMILES string of the molecule is Cn1cc(C(CN)Oc2ccccc2C#N)cn1. The van der Waals surface area contributed by atoms with Crippen molar-refractivity contribution in [2.75, 3.05) is 6.54 Å². The molecule has 2 rings (SSSR count). The molecular weight excluding hydrogens is 228 g/mol. The largest absolute Gasteiger partial charge is 0.483 e. The summed E-state index contributed by atoms with van der Waals surface area (Å²) in [6.07, 6.45) is 3.27. The van der Waals surface area contributed by atoms with Crippen LogP contribution in [-0.4, -0.2) is 16.3 Å². The average Bonchev–Trinajstić information content (AvgIpc) is 2.83. The van der Waals surface area contributed by atoms with Gasteiger partial charge >= 0.3 is 0 Å². The van der Waals surface area contributed by atoms with Crippen molar-refractivity contribution < 1.29 is 4.74 Å². The Morgan fingerprint density at radius 1 is 1.50 bits per heavy atom. The van der Waals surface area contributed by atoms with E-state index >= 15 is 0 Å². The summed E-state index contributed by atoms with van der Waals surface area (Å²) >= 11 is 0. The van der Waals surface area contributed by atoms with E-state index in [1.807, 2.05) is 19.3 Å². The number of benzene rings is 1. The second-order valence-corrected chi connectivity index (χ2v) is 3.90. The number of nitrogens with zero attached hydrogens (tertiary/aromatic N) is 3. The number of nitrogens with two attached hydrogens (primary N) is 1. The topological polar surface area (TPSA) is 76.9 Å². The number of hydrogen-bond acceptors (Lipinski definition) is 4. The molecule has 0 aliphatic rings. The summed E-state index contributed by atoms with van der Waals surface area (Å²) in [6, 6.07) is 9.20. The van der Waals surface area contributed by atoms with E-state index in [1.54, 1.807) is 29.1 Å². The maximum Gasteiger partial charge on any atom is 0.139 e. The number of rotatable bonds is 4. The predicted molar refractivity (Wildman–Crippen MR) is 66.8 cm³/mol. The van der Waals surface area contributed by atoms with Gasteiger partial charge in [-0.1, -0.05) is 12.1 Å². The summed E-state index contributed by atoms with van der Waals surface area (Å²) in [5.41, 5.74) is 7.10. The molecule has 2 N–H and O–H groups in total. The van der Waals surface area contributed by atoms with E-state index in [0.29, 0.717) is 17.9 Å². The number of nitriles is 1. The van der Waals surface area contributed by atoms with E-state index in [0.717, 1.165) is 5.56 Å². The third kappa shape index (κ3) is 2.50. The van der Waals surface area contributed by atoms with Crippen LogP contribution >= 0.6 is 0 Å². The molecule has 0 radical (unpaired) electrons. The van der Waals surface area contributed by atoms with Crippen molar-refractivity contribution in [1.82, 2.24) is 9.78 Å². The quantitative estimate of drug-likeness (QED) is 0.878. The minimum Gasteiger partial charge on any atom is -0.483 e. The molecule has 92 valence electrons. The lowest BCUT2D eigenvalue weighted by atomic mass is 10.2. The van der Waals surface area contributed by atoms with Crippen LogP contribution in [0.5, 0.6) is 5.75 Å². The van der Waals surface area contributed by atoms with Gasteiger partial charge in [0.1, 0.15) is 17.9 Å². The minimum atomic E-state index is -0.298. The van der Waals surface area contributed by atoms with E-state index in [-0.39, 0.29) is 6.10 Å². The van der Waals surface area contributed by atoms with Crippen LogP contribution in [-0.2, 0) is 7.05 Å². The zero-order chi connectivity index (χ0) is 13.0. The Balaban J connectivity index is 2.23. The number of hydrogen-bond donors (Lipinski definition) is 1. The molecule has 0 aliphatic carbocycles. The number of aromatic nitrogens is 2. The highest BCUT2D eigenvalue weighted by atomic mass is 16.5. The normalized spacial score (nSPS) is 11.8. The third-order valence-electron chi connectivity index (χ3n) is 2.59. The van der Waals surface area contributed by atoms with Gasteiger partial charge in [-0.05, 0) is 12.1 Å². The van der Waals surface area contributed by atoms with E-state index in [2.05, 4.69) is 11.2 Å². The van der Waals surface area contributed by atoms with Gasteiger partial charge in [-0.25, -0.2) is 0 Å². The Morgan fingerprint density at radius 2 is 2.28 bits per heavy atom. The molecule has 1 unspecified atom stereocenters. The van der Waals surface area contributed by atoms with Crippen LogP contribution in [0.3, 0.4) is 0 Å². The first kappa shape index (κ1) is 12.1. The highest BCUT2D eigenvalue weighted by molar-refractivity contribution is 5.42. The van der Waals surface area contributed by atoms with Crippen LogP contribution in [0.2, 0.25) is 0 Å². The molecule has 0 aliphatic heterocycles. The van der Waals surface area contributed by atoms with Gasteiger partial charge in [0, 0.05) is 25.4 Å². The Bertz CT molecular complexity index is 570. The summed E-state index contributed by atoms with van der Waals surface area (Å²) in [7, 11) is 1.83. The van der Waals surface area contributed by atoms with Crippen molar-refractivity contribution in [1.29, 1.82) is 5.26 Å². The molecular formula is C13H14N4O. The number of para-hydroxylation sites is 1. The highest BCUT2D eigenvalue weighted by Crippen LogP contribution is 2.24. The Labute approximate surface area is 105 Å². The van der Waals surface area contributed by atoms with Gasteiger partial charge in [0.2, 0.25) is 0 Å². The zero-order valence-corrected chi connectivity index (χ0v) is 10.1. The van der Waals surface area contributed by atoms with Gasteiger partial charge in [0.15, 0.2) is 0 Å². The van der Waals surface area contributed by atoms with E-state index in [1.165, 1.54) is 0 Å². The second kappa shape index (κ2) is 5.34. The lowest BCUT2D eigenvalue weighted by Gasteiger charge is -2.16. The fourth-order valence-corrected chi connectivity index (χ4v) is 1.67. The Kier molecular flexibility index (Phi) is 3.60. The van der Waals surface area contributed by atoms with Crippen LogP contribution in [0.1, 0.15) is 17.2 Å². The van der Waals surface area contributed by atoms with Gasteiger partial charge in [-0.3, -0.25) is 4.68 Å². The molecule has 0 saturated heterocycles. The maximum atomic E-state index is 9.00. The molecule has 0 bridgehead atoms. The molecule has 5 nitrogen and oxygen atoms in total. The van der Waals surface area contributed by atoms with Crippen LogP contribution in [0.15, 0.2) is 36.7 Å². The van der Waals surface area contributed by atoms with Crippen LogP contribution < -0.4 is 10.5 Å². The first-order valence-electron chi connectivity index (χ1n) is 5.59. The molecule has 5 heteroatoms. The fourth-order valence-electron chi connectivity index (χ4n) is 1.67. The van der Waals surface area contributed by atoms with E-state index in [9.17, 15) is 0 Å². The lowest BCUT2D eigenvalue weighted by Crippen LogP contribution is -2.18. The predicted octanol–water partition coefficient (Wildman–Crippen LogP) is 1.37. The lowest BCUT2D eigenvalue weighted by molar-refractivity contribution is 0.213. The molecule has 18 heavy (non-hydrogen) atoms. The van der Waals surface area contributed by atoms with Crippen molar-refractivity contribution in [3.8, 4) is 11.8 Å². The minimum absolute atomic E-state index is 0.298. The van der Waals surface area contributed by atoms with Gasteiger partial charge in [-0.15, -0.1) is 0 Å². The Hall–Kier alpha value is -2.32. The monoisotopic (exact) mass is 242 g/mol. The van der Waals surface area contributed by atoms with Gasteiger partial charge in [0.25, 0.3) is 0 Å². The second-order valence-electron chi connectivity index (χ2n) is 3.90. The molecule has 1 aromatic carbocycles. The van der Waals surface area contributed by atoms with Crippen LogP contribution in [0.25, 0.3) is 0 Å². The summed E-state index contributed by atoms with van der Waals surface area (Å²) in [5.74, 6) is 0.541. The summed E-state index contributed by atoms with van der Waals surface area (Å²) in [4.78, 5) is 0. The van der Waals surface area contributed by atoms with Gasteiger partial charge < -0.3 is 10.5 Å². The van der Waals surface area contributed by atoms with Crippen LogP contribution in [0, 0.1) is 11.3 Å². The molecule has 1 heterocycles. The molecule has 0 spiro atoms. The summed E-state index contributed by atoms with van der Waals surface area (Å²) in [6.45, 7) is 0.325. The summed E-state index contributed by atoms with van der Waals surface area (Å²) < 4.78 is 7.48. The zero-order valence-electron chi connectivity index (χ0n) is 10.1. The summed E-state index contributed by atoms with van der Waals surface area (Å²) in [5, 5.41) is 13.1. The number of aryl methyl sites for hydroxylation is 1. The molecule has 0 amide bonds. The smallest absolute Gasteiger partial charge is 0.139 e. The van der Waals surface area contributed by atoms with Crippen molar-refractivity contribution in [2.24, 2.45) is 12.8 Å². The molecule has 2 aromatic rings. The number of ether oxygens (including phenoxy) is 1. The standard InChI is InChI=1S/C13H14N4O/c1-17-9-11(8-16-17)13(7-15)18-12-5-3-2-4-10(12)6-14/h2-5,8-9,13H,7,15H2,1H3. The van der Waals surface area contributed by atoms with Crippen LogP contribution in [0.4, 0.5) is 0 Å². The van der Waals surface area contributed by atoms with E-state index in [4.69, 9.17) is 15.7 Å². The van der Waals surface area contributed by atoms with Crippen molar-refractivity contribution in [3.05, 3.63) is 47.8 Å². The van der Waals surface area contributed by atoms with Crippen molar-refractivity contribution in [3.63, 3.8) is 0 Å². The van der Waals surface area contributed by atoms with Gasteiger partial charge in [0.05, 0.1) is 11.8 Å². The first-order valence-corrected chi connectivity index (χ1v) is 5.59. The fraction of sp³-hybridized carbons (Fsp3) is 0.231. The van der Waals surface area contributed by atoms with Crippen molar-refractivity contribution >= 4 is 0 Å². The van der Waals surface area contributed by atoms with E-state index < -0.39 is 0 Å². The Morgan fingerprint density at radius 3 is 2.89 bits per heavy atom. The molecule has 0 saturated carbocycles. The first-order chi connectivity index (χ1) is 8.74. The molecule has 1 aromatic heterocycles. The van der Waals surface area contributed by atoms with Crippen molar-refractivity contribution in [2.45, 2.75) is 6.10 Å². The molecule has 1 atom stereocenters. The maximum absolute atomic E-state index is 9.00. The highest BCUT2D eigenvalue weighted by Gasteiger charge is 2.15.